The van der Waals surface area contributed by atoms with Crippen LogP contribution < -0.4 is 0 Å². The van der Waals surface area contributed by atoms with Crippen molar-refractivity contribution < 1.29 is 13.5 Å². The largest absolute Gasteiger partial charge is 0.396 e. The van der Waals surface area contributed by atoms with Gasteiger partial charge in [-0.15, -0.1) is 0 Å². The van der Waals surface area contributed by atoms with Crippen LogP contribution in [0.15, 0.2) is 0 Å². The quantitative estimate of drug-likeness (QED) is 0.594. The lowest BCUT2D eigenvalue weighted by Gasteiger charge is -2.19. The van der Waals surface area contributed by atoms with Gasteiger partial charge in [-0.2, -0.15) is 0 Å². The van der Waals surface area contributed by atoms with Crippen molar-refractivity contribution in [1.82, 2.24) is 0 Å². The van der Waals surface area contributed by atoms with E-state index < -0.39 is 9.84 Å². The number of unbranched alkanes of at least 4 members (excludes halogenated alkanes) is 7. The third kappa shape index (κ3) is 7.07. The maximum absolute atomic E-state index is 11.5. The van der Waals surface area contributed by atoms with E-state index >= 15 is 0 Å². The fourth-order valence-electron chi connectivity index (χ4n) is 3.21. The number of hydrogen-bond donors (Lipinski definition) is 1. The van der Waals surface area contributed by atoms with Gasteiger partial charge in [-0.05, 0) is 24.7 Å². The molecule has 0 spiro atoms. The molecule has 1 rings (SSSR count). The van der Waals surface area contributed by atoms with Crippen molar-refractivity contribution in [2.45, 2.75) is 71.1 Å². The van der Waals surface area contributed by atoms with Crippen molar-refractivity contribution in [3.8, 4) is 0 Å². The van der Waals surface area contributed by atoms with Gasteiger partial charge in [0.25, 0.3) is 0 Å². The van der Waals surface area contributed by atoms with Crippen LogP contribution in [0.1, 0.15) is 71.1 Å². The zero-order valence-corrected chi connectivity index (χ0v) is 13.8. The van der Waals surface area contributed by atoms with E-state index in [0.717, 1.165) is 19.3 Å². The maximum Gasteiger partial charge on any atom is 0.150 e. The molecule has 0 aromatic rings. The Morgan fingerprint density at radius 2 is 1.65 bits per heavy atom. The summed E-state index contributed by atoms with van der Waals surface area (Å²) in [5.74, 6) is 1.03. The molecule has 2 atom stereocenters. The van der Waals surface area contributed by atoms with E-state index in [-0.39, 0.29) is 18.4 Å². The lowest BCUT2D eigenvalue weighted by atomic mass is 9.88. The summed E-state index contributed by atoms with van der Waals surface area (Å²) in [5, 5.41) is 9.46. The third-order valence-electron chi connectivity index (χ3n) is 4.60. The van der Waals surface area contributed by atoms with Crippen molar-refractivity contribution in [3.05, 3.63) is 0 Å². The molecule has 0 saturated carbocycles. The van der Waals surface area contributed by atoms with Gasteiger partial charge in [-0.3, -0.25) is 0 Å². The van der Waals surface area contributed by atoms with Crippen LogP contribution in [0.4, 0.5) is 0 Å². The summed E-state index contributed by atoms with van der Waals surface area (Å²) in [4.78, 5) is 0. The van der Waals surface area contributed by atoms with Crippen molar-refractivity contribution in [2.75, 3.05) is 18.1 Å². The first-order valence-electron chi connectivity index (χ1n) is 8.40. The van der Waals surface area contributed by atoms with E-state index in [1.54, 1.807) is 0 Å². The number of rotatable bonds is 11. The fraction of sp³-hybridized carbons (Fsp3) is 1.00. The minimum atomic E-state index is -2.81. The molecule has 0 aliphatic carbocycles. The van der Waals surface area contributed by atoms with Crippen molar-refractivity contribution in [3.63, 3.8) is 0 Å². The molecule has 1 saturated heterocycles. The van der Waals surface area contributed by atoms with Gasteiger partial charge >= 0.3 is 0 Å². The number of hydrogen-bond acceptors (Lipinski definition) is 3. The van der Waals surface area contributed by atoms with E-state index in [9.17, 15) is 13.5 Å². The zero-order valence-electron chi connectivity index (χ0n) is 13.0. The molecule has 0 aromatic heterocycles. The molecule has 1 aliphatic rings. The van der Waals surface area contributed by atoms with E-state index in [1.807, 2.05) is 0 Å². The molecule has 1 heterocycles. The topological polar surface area (TPSA) is 54.4 Å². The minimum Gasteiger partial charge on any atom is -0.396 e. The Labute approximate surface area is 125 Å². The molecule has 0 radical (unpaired) electrons. The highest BCUT2D eigenvalue weighted by molar-refractivity contribution is 7.91. The van der Waals surface area contributed by atoms with Gasteiger partial charge < -0.3 is 5.11 Å². The monoisotopic (exact) mass is 304 g/mol. The molecule has 0 amide bonds. The van der Waals surface area contributed by atoms with Crippen molar-refractivity contribution in [1.29, 1.82) is 0 Å². The molecule has 1 fully saturated rings. The summed E-state index contributed by atoms with van der Waals surface area (Å²) in [7, 11) is -2.81. The minimum absolute atomic E-state index is 0.149. The molecule has 20 heavy (non-hydrogen) atoms. The second-order valence-electron chi connectivity index (χ2n) is 6.37. The first kappa shape index (κ1) is 18.0. The maximum atomic E-state index is 11.5. The van der Waals surface area contributed by atoms with Crippen LogP contribution >= 0.6 is 0 Å². The molecule has 1 aliphatic heterocycles. The second-order valence-corrected chi connectivity index (χ2v) is 8.60. The van der Waals surface area contributed by atoms with E-state index in [2.05, 4.69) is 6.92 Å². The SMILES string of the molecule is CCCCCCCCCCC(CO)C1CCS(=O)(=O)C1. The predicted octanol–water partition coefficient (Wildman–Crippen LogP) is 3.56. The first-order valence-corrected chi connectivity index (χ1v) is 10.2. The molecular weight excluding hydrogens is 272 g/mol. The molecule has 3 nitrogen and oxygen atoms in total. The predicted molar refractivity (Wildman–Crippen MR) is 84.6 cm³/mol. The standard InChI is InChI=1S/C16H32O3S/c1-2-3-4-5-6-7-8-9-10-15(13-17)16-11-12-20(18,19)14-16/h15-17H,2-14H2,1H3. The Hall–Kier alpha value is -0.0900. The summed E-state index contributed by atoms with van der Waals surface area (Å²) in [6, 6.07) is 0. The van der Waals surface area contributed by atoms with Crippen LogP contribution in [0, 0.1) is 11.8 Å². The molecule has 0 bridgehead atoms. The Morgan fingerprint density at radius 3 is 2.15 bits per heavy atom. The first-order chi connectivity index (χ1) is 9.59. The van der Waals surface area contributed by atoms with Crippen molar-refractivity contribution >= 4 is 9.84 Å². The smallest absolute Gasteiger partial charge is 0.150 e. The van der Waals surface area contributed by atoms with Gasteiger partial charge in [-0.1, -0.05) is 58.3 Å². The van der Waals surface area contributed by atoms with Gasteiger partial charge in [-0.25, -0.2) is 8.42 Å². The van der Waals surface area contributed by atoms with E-state index in [4.69, 9.17) is 0 Å². The van der Waals surface area contributed by atoms with Gasteiger partial charge in [0.1, 0.15) is 0 Å². The summed E-state index contributed by atoms with van der Waals surface area (Å²) in [6.07, 6.45) is 12.1. The van der Waals surface area contributed by atoms with Gasteiger partial charge in [0.15, 0.2) is 9.84 Å². The average molecular weight is 304 g/mol. The zero-order chi connectivity index (χ0) is 14.8. The third-order valence-corrected chi connectivity index (χ3v) is 6.39. The number of aliphatic hydroxyl groups excluding tert-OH is 1. The molecule has 2 unspecified atom stereocenters. The normalized spacial score (nSPS) is 23.0. The fourth-order valence-corrected chi connectivity index (χ4v) is 5.13. The molecule has 1 N–H and O–H groups in total. The Bertz CT molecular complexity index is 338. The highest BCUT2D eigenvalue weighted by Gasteiger charge is 2.32. The summed E-state index contributed by atoms with van der Waals surface area (Å²) in [6.45, 7) is 2.38. The van der Waals surface area contributed by atoms with Crippen LogP contribution in [0.3, 0.4) is 0 Å². The Balaban J connectivity index is 2.07. The van der Waals surface area contributed by atoms with Gasteiger partial charge in [0, 0.05) is 6.61 Å². The van der Waals surface area contributed by atoms with Crippen LogP contribution in [-0.4, -0.2) is 31.6 Å². The molecule has 4 heteroatoms. The Morgan fingerprint density at radius 1 is 1.05 bits per heavy atom. The lowest BCUT2D eigenvalue weighted by Crippen LogP contribution is -2.20. The van der Waals surface area contributed by atoms with Gasteiger partial charge in [0.05, 0.1) is 11.5 Å². The summed E-state index contributed by atoms with van der Waals surface area (Å²) < 4.78 is 23.0. The molecular formula is C16H32O3S. The number of sulfone groups is 1. The Kier molecular flexibility index (Phi) is 8.78. The summed E-state index contributed by atoms with van der Waals surface area (Å²) in [5.41, 5.74) is 0. The van der Waals surface area contributed by atoms with E-state index in [0.29, 0.717) is 11.5 Å². The lowest BCUT2D eigenvalue weighted by molar-refractivity contribution is 0.173. The average Bonchev–Trinajstić information content (AvgIpc) is 2.77. The number of aliphatic hydroxyl groups is 1. The highest BCUT2D eigenvalue weighted by Crippen LogP contribution is 2.29. The second kappa shape index (κ2) is 9.78. The van der Waals surface area contributed by atoms with Crippen LogP contribution in [-0.2, 0) is 9.84 Å². The highest BCUT2D eigenvalue weighted by atomic mass is 32.2. The molecule has 120 valence electrons. The van der Waals surface area contributed by atoms with Crippen molar-refractivity contribution in [2.24, 2.45) is 11.8 Å². The van der Waals surface area contributed by atoms with Crippen LogP contribution in [0.25, 0.3) is 0 Å². The van der Waals surface area contributed by atoms with E-state index in [1.165, 1.54) is 44.9 Å². The van der Waals surface area contributed by atoms with Crippen LogP contribution in [0.5, 0.6) is 0 Å². The summed E-state index contributed by atoms with van der Waals surface area (Å²) >= 11 is 0. The molecule has 0 aromatic carbocycles. The van der Waals surface area contributed by atoms with Crippen LogP contribution in [0.2, 0.25) is 0 Å². The van der Waals surface area contributed by atoms with Gasteiger partial charge in [0.2, 0.25) is 0 Å².